The van der Waals surface area contributed by atoms with Crippen molar-refractivity contribution in [3.05, 3.63) is 59.1 Å². The van der Waals surface area contributed by atoms with Crippen molar-refractivity contribution in [2.24, 2.45) is 5.92 Å². The Morgan fingerprint density at radius 2 is 1.68 bits per heavy atom. The third kappa shape index (κ3) is 6.08. The summed E-state index contributed by atoms with van der Waals surface area (Å²) in [4.78, 5) is 11.6. The molecule has 1 saturated carbocycles. The highest BCUT2D eigenvalue weighted by Gasteiger charge is 2.22. The van der Waals surface area contributed by atoms with Crippen LogP contribution in [0.1, 0.15) is 38.7 Å². The minimum atomic E-state index is 0. The number of hydrogen-bond acceptors (Lipinski definition) is 5. The molecule has 0 atom stereocenters. The third-order valence-electron chi connectivity index (χ3n) is 5.86. The Labute approximate surface area is 191 Å². The van der Waals surface area contributed by atoms with Gasteiger partial charge in [0.1, 0.15) is 5.82 Å². The SMILES string of the molecule is C.CN(C)c1nc(NC2CCC(CNCc3ccc(Cl)cc3)CC2)nc2ccccc12. The van der Waals surface area contributed by atoms with Gasteiger partial charge >= 0.3 is 0 Å². The van der Waals surface area contributed by atoms with E-state index in [1.165, 1.54) is 18.4 Å². The molecular formula is C25H34ClN5. The summed E-state index contributed by atoms with van der Waals surface area (Å²) >= 11 is 5.95. The van der Waals surface area contributed by atoms with Crippen molar-refractivity contribution in [1.29, 1.82) is 0 Å². The summed E-state index contributed by atoms with van der Waals surface area (Å²) in [7, 11) is 4.06. The van der Waals surface area contributed by atoms with Gasteiger partial charge in [-0.15, -0.1) is 0 Å². The molecule has 2 aromatic carbocycles. The van der Waals surface area contributed by atoms with Crippen molar-refractivity contribution in [2.75, 3.05) is 30.9 Å². The Balaban J connectivity index is 0.00000272. The number of benzene rings is 2. The third-order valence-corrected chi connectivity index (χ3v) is 6.11. The number of halogens is 1. The van der Waals surface area contributed by atoms with E-state index in [0.29, 0.717) is 6.04 Å². The molecule has 4 rings (SSSR count). The van der Waals surface area contributed by atoms with Crippen LogP contribution in [0.4, 0.5) is 11.8 Å². The summed E-state index contributed by atoms with van der Waals surface area (Å²) in [6, 6.07) is 16.7. The van der Waals surface area contributed by atoms with Gasteiger partial charge in [0.15, 0.2) is 0 Å². The second-order valence-corrected chi connectivity index (χ2v) is 8.84. The molecule has 6 heteroatoms. The van der Waals surface area contributed by atoms with E-state index in [0.717, 1.165) is 59.5 Å². The normalized spacial score (nSPS) is 18.4. The topological polar surface area (TPSA) is 53.1 Å². The standard InChI is InChI=1S/C24H30ClN5.CH4/c1-30(2)23-21-5-3-4-6-22(21)28-24(29-23)27-20-13-9-18(10-14-20)16-26-15-17-7-11-19(25)12-8-17;/h3-8,11-12,18,20,26H,9-10,13-16H2,1-2H3,(H,27,28,29);1H4. The van der Waals surface area contributed by atoms with Crippen LogP contribution in [-0.4, -0.2) is 36.6 Å². The average Bonchev–Trinajstić information content (AvgIpc) is 2.76. The van der Waals surface area contributed by atoms with Crippen molar-refractivity contribution in [3.8, 4) is 0 Å². The summed E-state index contributed by atoms with van der Waals surface area (Å²) < 4.78 is 0. The van der Waals surface area contributed by atoms with Gasteiger partial charge in [-0.05, 0) is 68.0 Å². The fourth-order valence-corrected chi connectivity index (χ4v) is 4.31. The first-order valence-electron chi connectivity index (χ1n) is 10.7. The number of rotatable bonds is 7. The lowest BCUT2D eigenvalue weighted by atomic mass is 9.86. The predicted octanol–water partition coefficient (Wildman–Crippen LogP) is 5.75. The van der Waals surface area contributed by atoms with Crippen LogP contribution >= 0.6 is 11.6 Å². The van der Waals surface area contributed by atoms with Crippen LogP contribution in [0.5, 0.6) is 0 Å². The molecule has 0 saturated heterocycles. The number of para-hydroxylation sites is 1. The first-order valence-corrected chi connectivity index (χ1v) is 11.1. The number of aromatic nitrogens is 2. The Kier molecular flexibility index (Phi) is 8.10. The summed E-state index contributed by atoms with van der Waals surface area (Å²) in [5, 5.41) is 9.07. The van der Waals surface area contributed by atoms with E-state index >= 15 is 0 Å². The van der Waals surface area contributed by atoms with Gasteiger partial charge in [-0.2, -0.15) is 4.98 Å². The molecular weight excluding hydrogens is 406 g/mol. The molecule has 0 aliphatic heterocycles. The van der Waals surface area contributed by atoms with E-state index in [1.807, 2.05) is 38.4 Å². The quantitative estimate of drug-likeness (QED) is 0.491. The summed E-state index contributed by atoms with van der Waals surface area (Å²) in [5.74, 6) is 2.43. The molecule has 0 radical (unpaired) electrons. The van der Waals surface area contributed by atoms with E-state index in [9.17, 15) is 0 Å². The van der Waals surface area contributed by atoms with Gasteiger partial charge in [-0.1, -0.05) is 43.3 Å². The summed E-state index contributed by atoms with van der Waals surface area (Å²) in [6.07, 6.45) is 4.75. The van der Waals surface area contributed by atoms with E-state index in [1.54, 1.807) is 0 Å². The molecule has 5 nitrogen and oxygen atoms in total. The second kappa shape index (κ2) is 10.8. The van der Waals surface area contributed by atoms with Crippen LogP contribution in [0.2, 0.25) is 5.02 Å². The average molecular weight is 440 g/mol. The van der Waals surface area contributed by atoms with Crippen LogP contribution in [0.3, 0.4) is 0 Å². The van der Waals surface area contributed by atoms with Crippen LogP contribution in [0.25, 0.3) is 10.9 Å². The minimum absolute atomic E-state index is 0. The highest BCUT2D eigenvalue weighted by Crippen LogP contribution is 2.28. The van der Waals surface area contributed by atoms with E-state index in [2.05, 4.69) is 39.8 Å². The van der Waals surface area contributed by atoms with Crippen molar-refractivity contribution in [2.45, 2.75) is 45.7 Å². The smallest absolute Gasteiger partial charge is 0.225 e. The van der Waals surface area contributed by atoms with Crippen molar-refractivity contribution < 1.29 is 0 Å². The molecule has 1 fully saturated rings. The molecule has 2 N–H and O–H groups in total. The van der Waals surface area contributed by atoms with Crippen LogP contribution < -0.4 is 15.5 Å². The largest absolute Gasteiger partial charge is 0.362 e. The number of hydrogen-bond donors (Lipinski definition) is 2. The number of nitrogens with zero attached hydrogens (tertiary/aromatic N) is 3. The van der Waals surface area contributed by atoms with Gasteiger partial charge in [-0.3, -0.25) is 0 Å². The fourth-order valence-electron chi connectivity index (χ4n) is 4.18. The van der Waals surface area contributed by atoms with Crippen molar-refractivity contribution >= 4 is 34.3 Å². The van der Waals surface area contributed by atoms with E-state index in [4.69, 9.17) is 21.6 Å². The minimum Gasteiger partial charge on any atom is -0.362 e. The van der Waals surface area contributed by atoms with Gasteiger partial charge in [0.05, 0.1) is 5.52 Å². The Morgan fingerprint density at radius 3 is 2.39 bits per heavy atom. The molecule has 1 aliphatic rings. The zero-order valence-electron chi connectivity index (χ0n) is 17.7. The first-order chi connectivity index (χ1) is 14.6. The molecule has 0 bridgehead atoms. The highest BCUT2D eigenvalue weighted by atomic mass is 35.5. The highest BCUT2D eigenvalue weighted by molar-refractivity contribution is 6.30. The summed E-state index contributed by atoms with van der Waals surface area (Å²) in [5.41, 5.74) is 2.26. The first kappa shape index (κ1) is 23.3. The molecule has 0 unspecified atom stereocenters. The lowest BCUT2D eigenvalue weighted by Crippen LogP contribution is -2.31. The Morgan fingerprint density at radius 1 is 0.968 bits per heavy atom. The maximum atomic E-state index is 5.95. The Bertz CT molecular complexity index is 965. The zero-order chi connectivity index (χ0) is 20.9. The molecule has 0 spiro atoms. The molecule has 31 heavy (non-hydrogen) atoms. The second-order valence-electron chi connectivity index (χ2n) is 8.40. The van der Waals surface area contributed by atoms with Gasteiger partial charge in [0, 0.05) is 37.1 Å². The lowest BCUT2D eigenvalue weighted by molar-refractivity contribution is 0.324. The molecule has 1 aliphatic carbocycles. The monoisotopic (exact) mass is 439 g/mol. The van der Waals surface area contributed by atoms with Gasteiger partial charge < -0.3 is 15.5 Å². The molecule has 1 aromatic heterocycles. The molecule has 3 aromatic rings. The molecule has 0 amide bonds. The fraction of sp³-hybridized carbons (Fsp3) is 0.440. The van der Waals surface area contributed by atoms with E-state index in [-0.39, 0.29) is 7.43 Å². The zero-order valence-corrected chi connectivity index (χ0v) is 18.5. The van der Waals surface area contributed by atoms with Gasteiger partial charge in [-0.25, -0.2) is 4.98 Å². The number of fused-ring (bicyclic) bond motifs is 1. The van der Waals surface area contributed by atoms with Crippen LogP contribution in [0.15, 0.2) is 48.5 Å². The number of anilines is 2. The van der Waals surface area contributed by atoms with Crippen molar-refractivity contribution in [1.82, 2.24) is 15.3 Å². The molecule has 1 heterocycles. The maximum Gasteiger partial charge on any atom is 0.225 e. The van der Waals surface area contributed by atoms with Gasteiger partial charge in [0.25, 0.3) is 0 Å². The van der Waals surface area contributed by atoms with Crippen LogP contribution in [0, 0.1) is 5.92 Å². The van der Waals surface area contributed by atoms with Gasteiger partial charge in [0.2, 0.25) is 5.95 Å². The molecule has 166 valence electrons. The summed E-state index contributed by atoms with van der Waals surface area (Å²) in [6.45, 7) is 1.96. The Hall–Kier alpha value is -2.37. The van der Waals surface area contributed by atoms with E-state index < -0.39 is 0 Å². The predicted molar refractivity (Wildman–Crippen MR) is 133 cm³/mol. The maximum absolute atomic E-state index is 5.95. The van der Waals surface area contributed by atoms with Crippen molar-refractivity contribution in [3.63, 3.8) is 0 Å². The lowest BCUT2D eigenvalue weighted by Gasteiger charge is -2.29. The van der Waals surface area contributed by atoms with Crippen LogP contribution in [-0.2, 0) is 6.54 Å². The number of nitrogens with one attached hydrogen (secondary N) is 2.